The van der Waals surface area contributed by atoms with E-state index in [0.29, 0.717) is 35.4 Å². The van der Waals surface area contributed by atoms with Gasteiger partial charge in [-0.3, -0.25) is 14.8 Å². The predicted octanol–water partition coefficient (Wildman–Crippen LogP) is 5.64. The molecule has 0 bridgehead atoms. The summed E-state index contributed by atoms with van der Waals surface area (Å²) >= 11 is 0. The van der Waals surface area contributed by atoms with Gasteiger partial charge in [-0.15, -0.1) is 0 Å². The van der Waals surface area contributed by atoms with Gasteiger partial charge in [-0.1, -0.05) is 0 Å². The molecule has 2 N–H and O–H groups in total. The molecule has 0 spiro atoms. The summed E-state index contributed by atoms with van der Waals surface area (Å²) < 4.78 is 46.9. The number of benzene rings is 2. The van der Waals surface area contributed by atoms with Gasteiger partial charge in [-0.25, -0.2) is 8.78 Å². The van der Waals surface area contributed by atoms with Gasteiger partial charge in [0.05, 0.1) is 29.9 Å². The standard InChI is InChI=1S/C28H25F2N3O5/c1-16(34)8-11-36-19-4-5-20-24(14-19)32-10-7-25(20)38-27-22(29)12-17(13-23(27)30)33-28(35)21-15-31-9-6-26(21)37-18-2-3-18/h4-7,9-10,12-16,18,34H,2-3,8,11H2,1H3,(H,33,35)/t16-/m1/s1. The second kappa shape index (κ2) is 11.0. The highest BCUT2D eigenvalue weighted by molar-refractivity contribution is 6.06. The summed E-state index contributed by atoms with van der Waals surface area (Å²) in [6.45, 7) is 2.00. The number of hydrogen-bond donors (Lipinski definition) is 2. The van der Waals surface area contributed by atoms with Gasteiger partial charge in [-0.05, 0) is 44.0 Å². The lowest BCUT2D eigenvalue weighted by Crippen LogP contribution is -2.15. The third kappa shape index (κ3) is 5.97. The van der Waals surface area contributed by atoms with Crippen LogP contribution >= 0.6 is 0 Å². The van der Waals surface area contributed by atoms with Crippen molar-refractivity contribution in [1.82, 2.24) is 9.97 Å². The third-order valence-corrected chi connectivity index (χ3v) is 5.79. The van der Waals surface area contributed by atoms with Gasteiger partial charge in [-0.2, -0.15) is 0 Å². The van der Waals surface area contributed by atoms with Gasteiger partial charge in [0.15, 0.2) is 17.4 Å². The van der Waals surface area contributed by atoms with E-state index in [1.165, 1.54) is 24.7 Å². The van der Waals surface area contributed by atoms with Crippen LogP contribution in [0.4, 0.5) is 14.5 Å². The average molecular weight is 522 g/mol. The number of anilines is 1. The van der Waals surface area contributed by atoms with Crippen LogP contribution in [-0.2, 0) is 0 Å². The first kappa shape index (κ1) is 25.3. The van der Waals surface area contributed by atoms with Gasteiger partial charge in [0.1, 0.15) is 17.2 Å². The Hall–Kier alpha value is -4.31. The Balaban J connectivity index is 1.33. The summed E-state index contributed by atoms with van der Waals surface area (Å²) in [5.74, 6) is -2.12. The lowest BCUT2D eigenvalue weighted by molar-refractivity contribution is 0.102. The first-order chi connectivity index (χ1) is 18.4. The molecule has 2 aromatic carbocycles. The summed E-state index contributed by atoms with van der Waals surface area (Å²) in [7, 11) is 0. The van der Waals surface area contributed by atoms with Crippen molar-refractivity contribution in [2.24, 2.45) is 0 Å². The number of rotatable bonds is 10. The Bertz CT molecular complexity index is 1450. The van der Waals surface area contributed by atoms with E-state index in [2.05, 4.69) is 15.3 Å². The number of nitrogens with one attached hydrogen (secondary N) is 1. The molecule has 38 heavy (non-hydrogen) atoms. The average Bonchev–Trinajstić information content (AvgIpc) is 3.70. The van der Waals surface area contributed by atoms with Crippen LogP contribution in [-0.4, -0.2) is 39.8 Å². The molecule has 5 rings (SSSR count). The SMILES string of the molecule is C[C@@H](O)CCOc1ccc2c(Oc3c(F)cc(NC(=O)c4cnccc4OC4CC4)cc3F)ccnc2c1. The van der Waals surface area contributed by atoms with E-state index in [0.717, 1.165) is 25.0 Å². The minimum absolute atomic E-state index is 0.0636. The molecule has 1 aliphatic carbocycles. The largest absolute Gasteiger partial charge is 0.493 e. The van der Waals surface area contributed by atoms with Crippen LogP contribution in [0, 0.1) is 11.6 Å². The van der Waals surface area contributed by atoms with E-state index in [1.54, 1.807) is 31.2 Å². The molecular weight excluding hydrogens is 496 g/mol. The molecule has 1 atom stereocenters. The van der Waals surface area contributed by atoms with Crippen LogP contribution in [0.3, 0.4) is 0 Å². The number of aliphatic hydroxyl groups is 1. The normalized spacial score (nSPS) is 13.7. The molecule has 1 fully saturated rings. The molecular formula is C28H25F2N3O5. The number of pyridine rings is 2. The fraction of sp³-hybridized carbons (Fsp3) is 0.250. The third-order valence-electron chi connectivity index (χ3n) is 5.79. The molecule has 4 aromatic rings. The van der Waals surface area contributed by atoms with Gasteiger partial charge >= 0.3 is 0 Å². The van der Waals surface area contributed by atoms with Crippen molar-refractivity contribution in [2.75, 3.05) is 11.9 Å². The molecule has 1 saturated carbocycles. The van der Waals surface area contributed by atoms with Crippen LogP contribution in [0.1, 0.15) is 36.5 Å². The Kier molecular flexibility index (Phi) is 7.32. The Morgan fingerprint density at radius 3 is 2.61 bits per heavy atom. The van der Waals surface area contributed by atoms with Crippen molar-refractivity contribution in [3.63, 3.8) is 0 Å². The van der Waals surface area contributed by atoms with Crippen LogP contribution in [0.25, 0.3) is 10.9 Å². The Morgan fingerprint density at radius 2 is 1.87 bits per heavy atom. The lowest BCUT2D eigenvalue weighted by Gasteiger charge is -2.14. The van der Waals surface area contributed by atoms with Crippen LogP contribution in [0.15, 0.2) is 61.1 Å². The number of amides is 1. The molecule has 0 saturated heterocycles. The van der Waals surface area contributed by atoms with Crippen LogP contribution in [0.5, 0.6) is 23.0 Å². The van der Waals surface area contributed by atoms with Crippen molar-refractivity contribution in [1.29, 1.82) is 0 Å². The topological polar surface area (TPSA) is 103 Å². The van der Waals surface area contributed by atoms with Gasteiger partial charge < -0.3 is 24.6 Å². The number of fused-ring (bicyclic) bond motifs is 1. The molecule has 2 heterocycles. The van der Waals surface area contributed by atoms with Gasteiger partial charge in [0.25, 0.3) is 5.91 Å². The van der Waals surface area contributed by atoms with Crippen molar-refractivity contribution in [3.05, 3.63) is 78.3 Å². The zero-order valence-electron chi connectivity index (χ0n) is 20.5. The number of halogens is 2. The quantitative estimate of drug-likeness (QED) is 0.278. The van der Waals surface area contributed by atoms with Crippen molar-refractivity contribution < 1.29 is 32.9 Å². The smallest absolute Gasteiger partial charge is 0.261 e. The summed E-state index contributed by atoms with van der Waals surface area (Å²) in [5.41, 5.74) is 0.581. The lowest BCUT2D eigenvalue weighted by atomic mass is 10.2. The molecule has 0 radical (unpaired) electrons. The Morgan fingerprint density at radius 1 is 1.11 bits per heavy atom. The van der Waals surface area contributed by atoms with E-state index in [-0.39, 0.29) is 23.1 Å². The number of carbonyl (C=O) groups excluding carboxylic acids is 1. The summed E-state index contributed by atoms with van der Waals surface area (Å²) in [5, 5.41) is 12.4. The maximum atomic E-state index is 15.0. The zero-order chi connectivity index (χ0) is 26.6. The van der Waals surface area contributed by atoms with Gasteiger partial charge in [0, 0.05) is 54.3 Å². The molecule has 10 heteroatoms. The number of nitrogens with zero attached hydrogens (tertiary/aromatic N) is 2. The number of hydrogen-bond acceptors (Lipinski definition) is 7. The summed E-state index contributed by atoms with van der Waals surface area (Å²) in [6, 6.07) is 10.1. The molecule has 196 valence electrons. The second-order valence-corrected chi connectivity index (χ2v) is 8.99. The van der Waals surface area contributed by atoms with E-state index < -0.39 is 29.4 Å². The van der Waals surface area contributed by atoms with Crippen molar-refractivity contribution >= 4 is 22.5 Å². The highest BCUT2D eigenvalue weighted by Gasteiger charge is 2.26. The predicted molar refractivity (Wildman–Crippen MR) is 136 cm³/mol. The number of aromatic nitrogens is 2. The van der Waals surface area contributed by atoms with Crippen LogP contribution < -0.4 is 19.5 Å². The fourth-order valence-corrected chi connectivity index (χ4v) is 3.69. The van der Waals surface area contributed by atoms with Crippen molar-refractivity contribution in [3.8, 4) is 23.0 Å². The van der Waals surface area contributed by atoms with Gasteiger partial charge in [0.2, 0.25) is 0 Å². The first-order valence-corrected chi connectivity index (χ1v) is 12.2. The fourth-order valence-electron chi connectivity index (χ4n) is 3.69. The minimum atomic E-state index is -0.996. The Labute approximate surface area is 217 Å². The zero-order valence-corrected chi connectivity index (χ0v) is 20.5. The monoisotopic (exact) mass is 521 g/mol. The number of ether oxygens (including phenoxy) is 3. The van der Waals surface area contributed by atoms with Crippen molar-refractivity contribution in [2.45, 2.75) is 38.4 Å². The van der Waals surface area contributed by atoms with E-state index in [9.17, 15) is 18.7 Å². The van der Waals surface area contributed by atoms with Crippen LogP contribution in [0.2, 0.25) is 0 Å². The number of carbonyl (C=O) groups is 1. The maximum Gasteiger partial charge on any atom is 0.261 e. The number of aliphatic hydroxyl groups excluding tert-OH is 1. The van der Waals surface area contributed by atoms with E-state index in [1.807, 2.05) is 0 Å². The van der Waals surface area contributed by atoms with E-state index in [4.69, 9.17) is 14.2 Å². The molecule has 1 amide bonds. The first-order valence-electron chi connectivity index (χ1n) is 12.2. The molecule has 1 aliphatic rings. The highest BCUT2D eigenvalue weighted by Crippen LogP contribution is 2.35. The minimum Gasteiger partial charge on any atom is -0.493 e. The maximum absolute atomic E-state index is 15.0. The summed E-state index contributed by atoms with van der Waals surface area (Å²) in [6.07, 6.45) is 6.18. The molecule has 8 nitrogen and oxygen atoms in total. The molecule has 0 aliphatic heterocycles. The van der Waals surface area contributed by atoms with E-state index >= 15 is 0 Å². The molecule has 2 aromatic heterocycles. The second-order valence-electron chi connectivity index (χ2n) is 8.99. The highest BCUT2D eigenvalue weighted by atomic mass is 19.1. The summed E-state index contributed by atoms with van der Waals surface area (Å²) in [4.78, 5) is 21.0. The molecule has 0 unspecified atom stereocenters.